The van der Waals surface area contributed by atoms with Gasteiger partial charge in [-0.3, -0.25) is 9.59 Å². The van der Waals surface area contributed by atoms with Gasteiger partial charge in [-0.15, -0.1) is 0 Å². The van der Waals surface area contributed by atoms with E-state index in [2.05, 4.69) is 4.74 Å². The van der Waals surface area contributed by atoms with E-state index in [1.165, 1.54) is 14.2 Å². The van der Waals surface area contributed by atoms with E-state index in [1.807, 2.05) is 0 Å². The first kappa shape index (κ1) is 14.2. The predicted octanol–water partition coefficient (Wildman–Crippen LogP) is 1.17. The molecule has 0 aliphatic carbocycles. The molecule has 1 aromatic carbocycles. The van der Waals surface area contributed by atoms with Gasteiger partial charge in [0.1, 0.15) is 18.3 Å². The Balaban J connectivity index is 3.01. The van der Waals surface area contributed by atoms with Crippen LogP contribution in [0.1, 0.15) is 11.5 Å². The van der Waals surface area contributed by atoms with Gasteiger partial charge in [-0.1, -0.05) is 12.1 Å². The zero-order chi connectivity index (χ0) is 13.5. The summed E-state index contributed by atoms with van der Waals surface area (Å²) in [6.45, 7) is -0.133. The summed E-state index contributed by atoms with van der Waals surface area (Å²) in [5, 5.41) is 0. The van der Waals surface area contributed by atoms with E-state index >= 15 is 0 Å². The molecule has 0 aliphatic rings. The van der Waals surface area contributed by atoms with Crippen molar-refractivity contribution in [2.75, 3.05) is 27.9 Å². The van der Waals surface area contributed by atoms with Gasteiger partial charge in [0.15, 0.2) is 5.78 Å². The lowest BCUT2D eigenvalue weighted by Gasteiger charge is -2.13. The highest BCUT2D eigenvalue weighted by atomic mass is 16.5. The van der Waals surface area contributed by atoms with Crippen molar-refractivity contribution in [2.45, 2.75) is 5.92 Å². The second-order valence-corrected chi connectivity index (χ2v) is 3.63. The highest BCUT2D eigenvalue weighted by Gasteiger charge is 2.29. The molecule has 0 amide bonds. The Bertz CT molecular complexity index is 410. The van der Waals surface area contributed by atoms with Crippen LogP contribution in [0.3, 0.4) is 0 Å². The molecule has 0 bridgehead atoms. The predicted molar refractivity (Wildman–Crippen MR) is 64.6 cm³/mol. The lowest BCUT2D eigenvalue weighted by atomic mass is 9.95. The van der Waals surface area contributed by atoms with Gasteiger partial charge < -0.3 is 14.2 Å². The van der Waals surface area contributed by atoms with Crippen LogP contribution in [0.25, 0.3) is 0 Å². The van der Waals surface area contributed by atoms with Crippen LogP contribution in [0.5, 0.6) is 5.75 Å². The minimum atomic E-state index is -0.958. The van der Waals surface area contributed by atoms with Crippen molar-refractivity contribution in [3.8, 4) is 5.75 Å². The van der Waals surface area contributed by atoms with Crippen molar-refractivity contribution in [1.82, 2.24) is 0 Å². The first-order valence-electron chi connectivity index (χ1n) is 5.37. The average molecular weight is 252 g/mol. The van der Waals surface area contributed by atoms with Crippen LogP contribution in [0, 0.1) is 0 Å². The Hall–Kier alpha value is -1.88. The van der Waals surface area contributed by atoms with Crippen molar-refractivity contribution in [3.63, 3.8) is 0 Å². The minimum absolute atomic E-state index is 0.133. The van der Waals surface area contributed by atoms with E-state index in [0.29, 0.717) is 11.3 Å². The lowest BCUT2D eigenvalue weighted by molar-refractivity contribution is -0.146. The summed E-state index contributed by atoms with van der Waals surface area (Å²) in [6.07, 6.45) is 0. The molecule has 0 fully saturated rings. The quantitative estimate of drug-likeness (QED) is 0.561. The monoisotopic (exact) mass is 252 g/mol. The summed E-state index contributed by atoms with van der Waals surface area (Å²) >= 11 is 0. The Morgan fingerprint density at radius 1 is 1.11 bits per heavy atom. The molecule has 0 saturated heterocycles. The van der Waals surface area contributed by atoms with Gasteiger partial charge in [-0.2, -0.15) is 0 Å². The van der Waals surface area contributed by atoms with Crippen LogP contribution >= 0.6 is 0 Å². The fourth-order valence-electron chi connectivity index (χ4n) is 1.59. The Labute approximate surface area is 106 Å². The SMILES string of the molecule is COCC(=O)C(C(=O)OC)c1ccc(OC)cc1. The van der Waals surface area contributed by atoms with Gasteiger partial charge in [-0.05, 0) is 17.7 Å². The largest absolute Gasteiger partial charge is 0.497 e. The van der Waals surface area contributed by atoms with Gasteiger partial charge in [0, 0.05) is 7.11 Å². The van der Waals surface area contributed by atoms with Crippen LogP contribution < -0.4 is 4.74 Å². The number of esters is 1. The molecule has 1 atom stereocenters. The van der Waals surface area contributed by atoms with Crippen molar-refractivity contribution in [3.05, 3.63) is 29.8 Å². The standard InChI is InChI=1S/C13H16O5/c1-16-8-11(14)12(13(15)18-3)9-4-6-10(17-2)7-5-9/h4-7,12H,8H2,1-3H3. The number of Topliss-reactive ketones (excluding diaryl/α,β-unsaturated/α-hetero) is 1. The van der Waals surface area contributed by atoms with Gasteiger partial charge in [-0.25, -0.2) is 0 Å². The number of carbonyl (C=O) groups is 2. The topological polar surface area (TPSA) is 61.8 Å². The van der Waals surface area contributed by atoms with E-state index < -0.39 is 11.9 Å². The summed E-state index contributed by atoms with van der Waals surface area (Å²) in [4.78, 5) is 23.5. The first-order valence-corrected chi connectivity index (χ1v) is 5.37. The number of methoxy groups -OCH3 is 3. The molecular weight excluding hydrogens is 236 g/mol. The molecule has 98 valence electrons. The molecule has 0 spiro atoms. The van der Waals surface area contributed by atoms with E-state index in [-0.39, 0.29) is 12.4 Å². The zero-order valence-corrected chi connectivity index (χ0v) is 10.6. The van der Waals surface area contributed by atoms with E-state index in [4.69, 9.17) is 9.47 Å². The van der Waals surface area contributed by atoms with E-state index in [9.17, 15) is 9.59 Å². The highest BCUT2D eigenvalue weighted by Crippen LogP contribution is 2.21. The van der Waals surface area contributed by atoms with Crippen molar-refractivity contribution >= 4 is 11.8 Å². The third-order valence-corrected chi connectivity index (χ3v) is 2.49. The number of hydrogen-bond donors (Lipinski definition) is 0. The van der Waals surface area contributed by atoms with Crippen LogP contribution in [-0.4, -0.2) is 39.7 Å². The third-order valence-electron chi connectivity index (χ3n) is 2.49. The molecule has 0 heterocycles. The smallest absolute Gasteiger partial charge is 0.320 e. The summed E-state index contributed by atoms with van der Waals surface area (Å²) < 4.78 is 14.4. The second kappa shape index (κ2) is 6.76. The molecule has 1 unspecified atom stereocenters. The zero-order valence-electron chi connectivity index (χ0n) is 10.6. The third kappa shape index (κ3) is 3.30. The lowest BCUT2D eigenvalue weighted by Crippen LogP contribution is -2.26. The summed E-state index contributed by atoms with van der Waals surface area (Å²) in [5.74, 6) is -1.24. The number of rotatable bonds is 6. The maximum atomic E-state index is 11.8. The second-order valence-electron chi connectivity index (χ2n) is 3.63. The number of carbonyl (C=O) groups excluding carboxylic acids is 2. The molecule has 18 heavy (non-hydrogen) atoms. The number of ether oxygens (including phenoxy) is 3. The number of ketones is 1. The molecule has 5 heteroatoms. The molecule has 0 radical (unpaired) electrons. The van der Waals surface area contributed by atoms with Crippen LogP contribution in [-0.2, 0) is 19.1 Å². The number of benzene rings is 1. The summed E-state index contributed by atoms with van der Waals surface area (Å²) in [5.41, 5.74) is 0.560. The average Bonchev–Trinajstić information content (AvgIpc) is 2.40. The van der Waals surface area contributed by atoms with Gasteiger partial charge in [0.2, 0.25) is 0 Å². The molecule has 1 rings (SSSR count). The van der Waals surface area contributed by atoms with Crippen LogP contribution in [0.2, 0.25) is 0 Å². The van der Waals surface area contributed by atoms with Crippen molar-refractivity contribution in [1.29, 1.82) is 0 Å². The molecule has 5 nitrogen and oxygen atoms in total. The fraction of sp³-hybridized carbons (Fsp3) is 0.385. The summed E-state index contributed by atoms with van der Waals surface area (Å²) in [7, 11) is 4.20. The normalized spacial score (nSPS) is 11.7. The van der Waals surface area contributed by atoms with Crippen LogP contribution in [0.15, 0.2) is 24.3 Å². The Morgan fingerprint density at radius 2 is 1.72 bits per heavy atom. The Morgan fingerprint density at radius 3 is 2.17 bits per heavy atom. The molecule has 0 saturated carbocycles. The molecule has 0 N–H and O–H groups in total. The molecule has 0 aromatic heterocycles. The molecule has 0 aliphatic heterocycles. The molecular formula is C13H16O5. The summed E-state index contributed by atoms with van der Waals surface area (Å²) in [6, 6.07) is 6.69. The minimum Gasteiger partial charge on any atom is -0.497 e. The van der Waals surface area contributed by atoms with E-state index in [0.717, 1.165) is 0 Å². The van der Waals surface area contributed by atoms with Crippen molar-refractivity contribution < 1.29 is 23.8 Å². The van der Waals surface area contributed by atoms with Crippen LogP contribution in [0.4, 0.5) is 0 Å². The maximum Gasteiger partial charge on any atom is 0.320 e. The highest BCUT2D eigenvalue weighted by molar-refractivity contribution is 6.05. The number of hydrogen-bond acceptors (Lipinski definition) is 5. The fourth-order valence-corrected chi connectivity index (χ4v) is 1.59. The maximum absolute atomic E-state index is 11.8. The Kier molecular flexibility index (Phi) is 5.32. The van der Waals surface area contributed by atoms with E-state index in [1.54, 1.807) is 31.4 Å². The van der Waals surface area contributed by atoms with Gasteiger partial charge in [0.05, 0.1) is 14.2 Å². The van der Waals surface area contributed by atoms with Gasteiger partial charge in [0.25, 0.3) is 0 Å². The van der Waals surface area contributed by atoms with Crippen molar-refractivity contribution in [2.24, 2.45) is 0 Å². The molecule has 1 aromatic rings. The first-order chi connectivity index (χ1) is 8.63. The van der Waals surface area contributed by atoms with Gasteiger partial charge >= 0.3 is 5.97 Å².